The van der Waals surface area contributed by atoms with Gasteiger partial charge in [-0.1, -0.05) is 68.4 Å². The van der Waals surface area contributed by atoms with Crippen LogP contribution in [-0.2, 0) is 6.42 Å². The smallest absolute Gasteiger partial charge is 0.355 e. The minimum absolute atomic E-state index is 0.00652. The van der Waals surface area contributed by atoms with E-state index in [0.29, 0.717) is 53.1 Å². The van der Waals surface area contributed by atoms with Crippen molar-refractivity contribution >= 4 is 60.8 Å². The number of rotatable bonds is 21. The van der Waals surface area contributed by atoms with E-state index in [1.807, 2.05) is 61.2 Å². The molecule has 0 aliphatic heterocycles. The van der Waals surface area contributed by atoms with Crippen molar-refractivity contribution in [1.29, 1.82) is 0 Å². The number of nitrogens with zero attached hydrogens (tertiary/aromatic N) is 7. The highest BCUT2D eigenvalue weighted by Crippen LogP contribution is 2.34. The number of benzene rings is 2. The molecule has 0 spiro atoms. The Morgan fingerprint density at radius 3 is 2.42 bits per heavy atom. The quantitative estimate of drug-likeness (QED) is 0.0549. The first-order valence-corrected chi connectivity index (χ1v) is 20.5. The average Bonchev–Trinajstić information content (AvgIpc) is 3.78. The number of carbonyl (C=O) groups is 1. The van der Waals surface area contributed by atoms with Crippen molar-refractivity contribution in [3.05, 3.63) is 76.0 Å². The number of aromatic carboxylic acids is 1. The third-order valence-corrected chi connectivity index (χ3v) is 11.1. The van der Waals surface area contributed by atoms with Crippen molar-refractivity contribution in [3.63, 3.8) is 0 Å². The number of unbranched alkanes of at least 4 members (excludes halogenated alkanes) is 4. The van der Waals surface area contributed by atoms with Gasteiger partial charge in [0.15, 0.2) is 39.2 Å². The summed E-state index contributed by atoms with van der Waals surface area (Å²) in [6.45, 7) is 11.0. The molecule has 0 unspecified atom stereocenters. The minimum Gasteiger partial charge on any atom is -0.491 e. The maximum absolute atomic E-state index is 14.8. The van der Waals surface area contributed by atoms with Gasteiger partial charge >= 0.3 is 5.97 Å². The van der Waals surface area contributed by atoms with Crippen molar-refractivity contribution in [1.82, 2.24) is 30.0 Å². The highest BCUT2D eigenvalue weighted by Gasteiger charge is 2.23. The summed E-state index contributed by atoms with van der Waals surface area (Å²) >= 11 is 2.88. The van der Waals surface area contributed by atoms with Crippen LogP contribution < -0.4 is 15.0 Å². The monoisotopic (exact) mass is 786 g/mol. The van der Waals surface area contributed by atoms with Crippen molar-refractivity contribution in [2.45, 2.75) is 65.7 Å². The van der Waals surface area contributed by atoms with Gasteiger partial charge < -0.3 is 25.0 Å². The Hall–Kier alpha value is -4.68. The van der Waals surface area contributed by atoms with Crippen molar-refractivity contribution < 1.29 is 19.0 Å². The second-order valence-corrected chi connectivity index (χ2v) is 15.6. The number of carboxylic acids is 1. The Kier molecular flexibility index (Phi) is 15.7. The Bertz CT molecular complexity index is 2040. The van der Waals surface area contributed by atoms with Crippen LogP contribution in [0.4, 0.5) is 26.3 Å². The van der Waals surface area contributed by atoms with Gasteiger partial charge in [-0.15, -0.1) is 21.5 Å². The molecule has 0 radical (unpaired) electrons. The van der Waals surface area contributed by atoms with Crippen LogP contribution in [0.5, 0.6) is 5.75 Å². The number of halogens is 1. The Balaban J connectivity index is 1.27. The van der Waals surface area contributed by atoms with E-state index in [1.54, 1.807) is 23.5 Å². The van der Waals surface area contributed by atoms with Gasteiger partial charge in [0.1, 0.15) is 0 Å². The summed E-state index contributed by atoms with van der Waals surface area (Å²) in [5.74, 6) is 5.71. The zero-order valence-corrected chi connectivity index (χ0v) is 34.0. The van der Waals surface area contributed by atoms with Gasteiger partial charge in [-0.2, -0.15) is 0 Å². The van der Waals surface area contributed by atoms with E-state index in [0.717, 1.165) is 66.2 Å². The van der Waals surface area contributed by atoms with Gasteiger partial charge in [-0.05, 0) is 108 Å². The highest BCUT2D eigenvalue weighted by molar-refractivity contribution is 7.22. The van der Waals surface area contributed by atoms with Gasteiger partial charge in [0, 0.05) is 17.0 Å². The van der Waals surface area contributed by atoms with E-state index in [1.165, 1.54) is 23.8 Å². The first kappa shape index (κ1) is 41.5. The van der Waals surface area contributed by atoms with E-state index in [2.05, 4.69) is 56.1 Å². The molecule has 3 aromatic heterocycles. The lowest BCUT2D eigenvalue weighted by Crippen LogP contribution is -2.23. The Morgan fingerprint density at radius 1 is 0.945 bits per heavy atom. The molecule has 292 valence electrons. The van der Waals surface area contributed by atoms with E-state index in [9.17, 15) is 14.3 Å². The molecule has 0 bridgehead atoms. The van der Waals surface area contributed by atoms with Gasteiger partial charge in [0.2, 0.25) is 0 Å². The molecule has 2 N–H and O–H groups in total. The summed E-state index contributed by atoms with van der Waals surface area (Å²) in [7, 11) is 3.84. The fraction of sp³-hybridized carbons (Fsp3) is 0.439. The second-order valence-electron chi connectivity index (χ2n) is 13.5. The molecule has 0 saturated heterocycles. The van der Waals surface area contributed by atoms with Crippen LogP contribution in [-0.4, -0.2) is 94.5 Å². The number of aromatic nitrogens is 4. The van der Waals surface area contributed by atoms with Crippen LogP contribution in [0.25, 0.3) is 10.2 Å². The zero-order valence-electron chi connectivity index (χ0n) is 32.4. The molecule has 3 heterocycles. The summed E-state index contributed by atoms with van der Waals surface area (Å²) in [5, 5.41) is 23.9. The predicted octanol–water partition coefficient (Wildman–Crippen LogP) is 8.79. The molecular weight excluding hydrogens is 736 g/mol. The molecule has 5 aromatic rings. The lowest BCUT2D eigenvalue weighted by atomic mass is 10.1. The van der Waals surface area contributed by atoms with Gasteiger partial charge in [0.25, 0.3) is 0 Å². The summed E-state index contributed by atoms with van der Waals surface area (Å²) in [6.07, 6.45) is 6.24. The van der Waals surface area contributed by atoms with Gasteiger partial charge in [-0.3, -0.25) is 4.90 Å². The predicted molar refractivity (Wildman–Crippen MR) is 222 cm³/mol. The third-order valence-electron chi connectivity index (χ3n) is 9.00. The van der Waals surface area contributed by atoms with E-state index in [4.69, 9.17) is 4.74 Å². The second kappa shape index (κ2) is 20.8. The fourth-order valence-corrected chi connectivity index (χ4v) is 7.93. The summed E-state index contributed by atoms with van der Waals surface area (Å²) in [4.78, 5) is 28.7. The van der Waals surface area contributed by atoms with Crippen LogP contribution in [0.2, 0.25) is 0 Å². The summed E-state index contributed by atoms with van der Waals surface area (Å²) in [6, 6.07) is 14.6. The number of anilines is 4. The van der Waals surface area contributed by atoms with Crippen LogP contribution in [0.15, 0.2) is 48.5 Å². The summed E-state index contributed by atoms with van der Waals surface area (Å²) < 4.78 is 21.6. The topological polar surface area (TPSA) is 120 Å². The molecule has 55 heavy (non-hydrogen) atoms. The minimum atomic E-state index is -1.10. The van der Waals surface area contributed by atoms with Crippen molar-refractivity contribution in [2.24, 2.45) is 0 Å². The van der Waals surface area contributed by atoms with Crippen LogP contribution in [0, 0.1) is 24.6 Å². The van der Waals surface area contributed by atoms with Crippen molar-refractivity contribution in [3.8, 4) is 17.6 Å². The molecule has 2 aromatic carbocycles. The molecule has 0 fully saturated rings. The molecule has 0 aliphatic rings. The maximum atomic E-state index is 14.8. The number of nitrogens with one attached hydrogen (secondary N) is 1. The number of hydrogen-bond donors (Lipinski definition) is 2. The number of ether oxygens (including phenoxy) is 1. The number of fused-ring (bicyclic) bond motifs is 1. The number of carboxylic acid groups (broad SMARTS) is 1. The standard InChI is InChI=1S/C41H51FN8O3S2/c1-6-49(7-2)24-13-9-8-10-14-25-50(36-27-29(3)38(47-46-36)45-40-43-32-18-11-12-19-34(32)54-40)41-44-37(39(51)52)35(55-41)20-16-26-53-33-22-21-30(28-31(33)42)17-15-23-48(4)5/h11-12,18-19,21-22,27-28H,6-10,13-14,16,20,23-26H2,1-5H3,(H,51,52)(H,43,45,47). The average molecular weight is 787 g/mol. The molecule has 0 amide bonds. The molecule has 14 heteroatoms. The Labute approximate surface area is 331 Å². The Morgan fingerprint density at radius 2 is 1.71 bits per heavy atom. The number of aryl methyl sites for hydroxylation is 2. The molecular formula is C41H51FN8O3S2. The molecule has 0 saturated carbocycles. The molecule has 0 aliphatic carbocycles. The first-order chi connectivity index (χ1) is 26.6. The van der Waals surface area contributed by atoms with Crippen LogP contribution in [0.3, 0.4) is 0 Å². The number of thiazole rings is 2. The van der Waals surface area contributed by atoms with Gasteiger partial charge in [0.05, 0.1) is 23.4 Å². The fourth-order valence-electron chi connectivity index (χ4n) is 5.94. The SMILES string of the molecule is CCN(CC)CCCCCCCN(c1cc(C)c(Nc2nc3ccccc3s2)nn1)c1nc(C(=O)O)c(CCCOc2ccc(C#CCN(C)C)cc2F)s1. The third kappa shape index (κ3) is 12.2. The molecule has 0 atom stereocenters. The number of para-hydroxylation sites is 1. The normalized spacial score (nSPS) is 11.3. The lowest BCUT2D eigenvalue weighted by molar-refractivity contribution is 0.0690. The lowest BCUT2D eigenvalue weighted by Gasteiger charge is -2.21. The number of hydrogen-bond acceptors (Lipinski definition) is 12. The molecule has 11 nitrogen and oxygen atoms in total. The van der Waals surface area contributed by atoms with E-state index >= 15 is 0 Å². The largest absolute Gasteiger partial charge is 0.491 e. The summed E-state index contributed by atoms with van der Waals surface area (Å²) in [5.41, 5.74) is 2.37. The zero-order chi connectivity index (χ0) is 39.2. The first-order valence-electron chi connectivity index (χ1n) is 18.9. The highest BCUT2D eigenvalue weighted by atomic mass is 32.1. The molecule has 5 rings (SSSR count). The van der Waals surface area contributed by atoms with Gasteiger partial charge in [-0.25, -0.2) is 19.2 Å². The van der Waals surface area contributed by atoms with E-state index < -0.39 is 11.8 Å². The van der Waals surface area contributed by atoms with E-state index in [-0.39, 0.29) is 18.1 Å². The maximum Gasteiger partial charge on any atom is 0.355 e. The van der Waals surface area contributed by atoms with Crippen molar-refractivity contribution in [2.75, 3.05) is 63.6 Å². The van der Waals surface area contributed by atoms with Crippen LogP contribution in [0.1, 0.15) is 78.9 Å². The van der Waals surface area contributed by atoms with Crippen LogP contribution >= 0.6 is 22.7 Å².